The topological polar surface area (TPSA) is 92.8 Å². The van der Waals surface area contributed by atoms with Crippen LogP contribution in [-0.4, -0.2) is 50.8 Å². The summed E-state index contributed by atoms with van der Waals surface area (Å²) in [7, 11) is -3.80. The first-order valence-corrected chi connectivity index (χ1v) is 12.8. The fraction of sp³-hybridized carbons (Fsp3) is 0.440. The summed E-state index contributed by atoms with van der Waals surface area (Å²) in [4.78, 5) is 24.6. The maximum Gasteiger partial charge on any atom is 0.340 e. The van der Waals surface area contributed by atoms with Gasteiger partial charge < -0.3 is 10.1 Å². The highest BCUT2D eigenvalue weighted by Crippen LogP contribution is 2.24. The number of carbonyl (C=O) groups excluding carboxylic acids is 2. The van der Waals surface area contributed by atoms with E-state index in [0.717, 1.165) is 24.8 Å². The van der Waals surface area contributed by atoms with Crippen LogP contribution in [-0.2, 0) is 26.0 Å². The summed E-state index contributed by atoms with van der Waals surface area (Å²) in [5, 5.41) is 2.73. The molecule has 2 aromatic rings. The Labute approximate surface area is 196 Å². The quantitative estimate of drug-likeness (QED) is 0.564. The number of piperidine rings is 1. The Morgan fingerprint density at radius 1 is 1.00 bits per heavy atom. The van der Waals surface area contributed by atoms with Crippen molar-refractivity contribution in [1.29, 1.82) is 0 Å². The number of nitrogens with one attached hydrogen (secondary N) is 1. The first kappa shape index (κ1) is 24.9. The van der Waals surface area contributed by atoms with E-state index in [1.807, 2.05) is 12.1 Å². The van der Waals surface area contributed by atoms with E-state index >= 15 is 0 Å². The van der Waals surface area contributed by atoms with Crippen LogP contribution < -0.4 is 5.32 Å². The Kier molecular flexibility index (Phi) is 8.63. The van der Waals surface area contributed by atoms with Crippen molar-refractivity contribution in [3.63, 3.8) is 0 Å². The molecule has 1 amide bonds. The minimum Gasteiger partial charge on any atom is -0.452 e. The molecule has 1 fully saturated rings. The summed E-state index contributed by atoms with van der Waals surface area (Å²) in [6, 6.07) is 14.2. The van der Waals surface area contributed by atoms with Gasteiger partial charge in [0.15, 0.2) is 6.61 Å². The summed E-state index contributed by atoms with van der Waals surface area (Å²) in [5.74, 6) is -0.794. The summed E-state index contributed by atoms with van der Waals surface area (Å²) in [6.07, 6.45) is 3.25. The van der Waals surface area contributed by atoms with Gasteiger partial charge in [0, 0.05) is 19.6 Å². The zero-order valence-corrected chi connectivity index (χ0v) is 20.1. The van der Waals surface area contributed by atoms with Gasteiger partial charge in [0.2, 0.25) is 10.0 Å². The van der Waals surface area contributed by atoms with E-state index in [0.29, 0.717) is 32.0 Å². The number of amides is 1. The van der Waals surface area contributed by atoms with Crippen molar-refractivity contribution in [3.05, 3.63) is 65.2 Å². The zero-order chi connectivity index (χ0) is 23.8. The van der Waals surface area contributed by atoms with Gasteiger partial charge in [0.05, 0.1) is 10.5 Å². The molecule has 2 aromatic carbocycles. The molecule has 1 aliphatic heterocycles. The lowest BCUT2D eigenvalue weighted by Gasteiger charge is -2.26. The molecule has 1 N–H and O–H groups in total. The van der Waals surface area contributed by atoms with Crippen LogP contribution in [0.25, 0.3) is 0 Å². The highest BCUT2D eigenvalue weighted by atomic mass is 32.2. The summed E-state index contributed by atoms with van der Waals surface area (Å²) < 4.78 is 32.6. The van der Waals surface area contributed by atoms with Crippen LogP contribution in [0.4, 0.5) is 0 Å². The molecule has 0 radical (unpaired) electrons. The lowest BCUT2D eigenvalue weighted by atomic mass is 10.0. The highest BCUT2D eigenvalue weighted by molar-refractivity contribution is 7.89. The van der Waals surface area contributed by atoms with Crippen molar-refractivity contribution in [2.45, 2.75) is 50.3 Å². The van der Waals surface area contributed by atoms with Gasteiger partial charge >= 0.3 is 5.97 Å². The Morgan fingerprint density at radius 3 is 2.33 bits per heavy atom. The first-order valence-electron chi connectivity index (χ1n) is 11.4. The second-order valence-corrected chi connectivity index (χ2v) is 10.4. The molecule has 0 aliphatic carbocycles. The molecule has 8 heteroatoms. The van der Waals surface area contributed by atoms with Gasteiger partial charge in [-0.2, -0.15) is 4.31 Å². The van der Waals surface area contributed by atoms with Gasteiger partial charge in [-0.1, -0.05) is 56.7 Å². The number of hydrogen-bond acceptors (Lipinski definition) is 5. The van der Waals surface area contributed by atoms with Gasteiger partial charge in [0.1, 0.15) is 0 Å². The molecule has 3 rings (SSSR count). The summed E-state index contributed by atoms with van der Waals surface area (Å²) in [5.41, 5.74) is 2.31. The molecule has 0 spiro atoms. The Hall–Kier alpha value is -2.71. The maximum absolute atomic E-state index is 13.0. The molecule has 0 unspecified atom stereocenters. The average Bonchev–Trinajstić information content (AvgIpc) is 2.83. The molecule has 1 aliphatic rings. The lowest BCUT2D eigenvalue weighted by Crippen LogP contribution is -2.36. The van der Waals surface area contributed by atoms with E-state index in [9.17, 15) is 18.0 Å². The minimum absolute atomic E-state index is 0.0545. The maximum atomic E-state index is 13.0. The minimum atomic E-state index is -3.80. The van der Waals surface area contributed by atoms with E-state index in [1.54, 1.807) is 12.1 Å². The van der Waals surface area contributed by atoms with Crippen LogP contribution in [0.2, 0.25) is 0 Å². The van der Waals surface area contributed by atoms with Crippen molar-refractivity contribution in [1.82, 2.24) is 9.62 Å². The van der Waals surface area contributed by atoms with Crippen molar-refractivity contribution >= 4 is 21.9 Å². The molecule has 0 saturated carbocycles. The number of rotatable bonds is 9. The number of hydrogen-bond donors (Lipinski definition) is 1. The fourth-order valence-corrected chi connectivity index (χ4v) is 5.48. The van der Waals surface area contributed by atoms with Gasteiger partial charge in [-0.3, -0.25) is 4.79 Å². The second-order valence-electron chi connectivity index (χ2n) is 8.53. The number of carbonyl (C=O) groups is 2. The number of benzene rings is 2. The predicted octanol–water partition coefficient (Wildman–Crippen LogP) is 3.50. The van der Waals surface area contributed by atoms with E-state index in [4.69, 9.17) is 4.74 Å². The molecule has 7 nitrogen and oxygen atoms in total. The summed E-state index contributed by atoms with van der Waals surface area (Å²) in [6.45, 7) is 5.10. The van der Waals surface area contributed by atoms with E-state index in [2.05, 4.69) is 31.3 Å². The monoisotopic (exact) mass is 472 g/mol. The van der Waals surface area contributed by atoms with Crippen molar-refractivity contribution in [2.24, 2.45) is 0 Å². The molecular weight excluding hydrogens is 440 g/mol. The molecule has 0 aromatic heterocycles. The molecule has 0 bridgehead atoms. The van der Waals surface area contributed by atoms with Crippen LogP contribution in [0.1, 0.15) is 60.5 Å². The third-order valence-electron chi connectivity index (χ3n) is 5.76. The zero-order valence-electron chi connectivity index (χ0n) is 19.2. The smallest absolute Gasteiger partial charge is 0.340 e. The van der Waals surface area contributed by atoms with Crippen molar-refractivity contribution in [3.8, 4) is 0 Å². The Morgan fingerprint density at radius 2 is 1.67 bits per heavy atom. The van der Waals surface area contributed by atoms with E-state index < -0.39 is 28.5 Å². The molecule has 1 saturated heterocycles. The summed E-state index contributed by atoms with van der Waals surface area (Å²) >= 11 is 0. The van der Waals surface area contributed by atoms with Crippen LogP contribution in [0.3, 0.4) is 0 Å². The van der Waals surface area contributed by atoms with Crippen LogP contribution in [0, 0.1) is 0 Å². The van der Waals surface area contributed by atoms with Gasteiger partial charge in [-0.25, -0.2) is 13.2 Å². The lowest BCUT2D eigenvalue weighted by molar-refractivity contribution is -0.124. The van der Waals surface area contributed by atoms with Gasteiger partial charge in [-0.05, 0) is 48.4 Å². The van der Waals surface area contributed by atoms with Crippen molar-refractivity contribution in [2.75, 3.05) is 26.2 Å². The van der Waals surface area contributed by atoms with Gasteiger partial charge in [0.25, 0.3) is 5.91 Å². The Balaban J connectivity index is 1.53. The number of ether oxygens (including phenoxy) is 1. The standard InChI is InChI=1S/C25H32N2O5S/c1-19(2)21-12-10-20(11-13-21)14-15-26-24(28)18-32-25(29)22-8-4-5-9-23(22)33(30,31)27-16-6-3-7-17-27/h4-5,8-13,19H,3,6-7,14-18H2,1-2H3,(H,26,28). The molecule has 1 heterocycles. The van der Waals surface area contributed by atoms with Crippen LogP contribution in [0.15, 0.2) is 53.4 Å². The number of sulfonamides is 1. The fourth-order valence-electron chi connectivity index (χ4n) is 3.78. The van der Waals surface area contributed by atoms with Crippen molar-refractivity contribution < 1.29 is 22.7 Å². The van der Waals surface area contributed by atoms with Gasteiger partial charge in [-0.15, -0.1) is 0 Å². The Bertz CT molecular complexity index is 1060. The number of nitrogens with zero attached hydrogens (tertiary/aromatic N) is 1. The van der Waals surface area contributed by atoms with Crippen LogP contribution >= 0.6 is 0 Å². The second kappa shape index (κ2) is 11.4. The number of esters is 1. The molecule has 178 valence electrons. The largest absolute Gasteiger partial charge is 0.452 e. The molecular formula is C25H32N2O5S. The molecule has 0 atom stereocenters. The third-order valence-corrected chi connectivity index (χ3v) is 7.71. The average molecular weight is 473 g/mol. The molecule has 33 heavy (non-hydrogen) atoms. The normalized spacial score (nSPS) is 14.8. The highest BCUT2D eigenvalue weighted by Gasteiger charge is 2.30. The first-order chi connectivity index (χ1) is 15.8. The van der Waals surface area contributed by atoms with E-state index in [1.165, 1.54) is 22.0 Å². The third kappa shape index (κ3) is 6.65. The SMILES string of the molecule is CC(C)c1ccc(CCNC(=O)COC(=O)c2ccccc2S(=O)(=O)N2CCCCC2)cc1. The predicted molar refractivity (Wildman–Crippen MR) is 127 cm³/mol. The van der Waals surface area contributed by atoms with E-state index in [-0.39, 0.29) is 10.5 Å². The van der Waals surface area contributed by atoms with Crippen LogP contribution in [0.5, 0.6) is 0 Å².